The van der Waals surface area contributed by atoms with E-state index in [2.05, 4.69) is 90.3 Å². The van der Waals surface area contributed by atoms with Crippen LogP contribution in [0, 0.1) is 24.4 Å². The van der Waals surface area contributed by atoms with Gasteiger partial charge in [-0.1, -0.05) is 132 Å². The molecule has 0 unspecified atom stereocenters. The summed E-state index contributed by atoms with van der Waals surface area (Å²) in [7, 11) is -1.61. The Morgan fingerprint density at radius 1 is 0.863 bits per heavy atom. The smallest absolute Gasteiger partial charge is 0.0799 e. The summed E-state index contributed by atoms with van der Waals surface area (Å²) in [5, 5.41) is 3.59. The minimum absolute atomic E-state index is 0. The Kier molecular flexibility index (Phi) is 9.61. The van der Waals surface area contributed by atoms with Crippen LogP contribution in [0.1, 0.15) is 65.4 Å². The molecule has 5 heteroatoms. The fourth-order valence-electron chi connectivity index (χ4n) is 6.02. The van der Waals surface area contributed by atoms with Gasteiger partial charge in [-0.2, -0.15) is 11.3 Å². The molecule has 7 rings (SSSR count). The molecule has 3 heterocycles. The van der Waals surface area contributed by atoms with Crippen LogP contribution >= 0.6 is 11.3 Å². The quantitative estimate of drug-likeness (QED) is 0.123. The number of thiophene rings is 1. The molecule has 51 heavy (non-hydrogen) atoms. The molecule has 0 aliphatic heterocycles. The molecule has 0 atom stereocenters. The van der Waals surface area contributed by atoms with Gasteiger partial charge in [0.1, 0.15) is 0 Å². The molecule has 2 nitrogen and oxygen atoms in total. The van der Waals surface area contributed by atoms with Gasteiger partial charge in [-0.25, -0.2) is 0 Å². The van der Waals surface area contributed by atoms with E-state index in [1.54, 1.807) is 35.7 Å². The van der Waals surface area contributed by atoms with E-state index in [0.717, 1.165) is 32.8 Å². The zero-order valence-corrected chi connectivity index (χ0v) is 34.7. The minimum Gasteiger partial charge on any atom is -0.305 e. The molecular formula is C46H48IrN2SSi-2. The maximum Gasteiger partial charge on any atom is 0.0799 e. The second-order valence-electron chi connectivity index (χ2n) is 14.9. The van der Waals surface area contributed by atoms with Gasteiger partial charge in [0.25, 0.3) is 0 Å². The van der Waals surface area contributed by atoms with Crippen molar-refractivity contribution in [1.29, 1.82) is 0 Å². The summed E-state index contributed by atoms with van der Waals surface area (Å²) >= 11 is 1.75. The average molecular weight is 887 g/mol. The third-order valence-electron chi connectivity index (χ3n) is 8.42. The van der Waals surface area contributed by atoms with Crippen LogP contribution in [0.4, 0.5) is 0 Å². The maximum absolute atomic E-state index is 8.67. The molecule has 0 saturated carbocycles. The topological polar surface area (TPSA) is 25.8 Å². The number of aromatic nitrogens is 2. The molecule has 263 valence electrons. The molecule has 7 aromatic rings. The standard InChI is InChI=1S/C28H24NS.C18H24NSi.Ir/c1-28(2,3)18-19-14-15-29-25(16-19)24-11-7-10-23-22-13-12-21(17-26(22)30-27(23)24)20-8-5-4-6-9-20;1-13(2)16-11-17(15-9-7-14(3)8-10-15)19-12-18(16)20(4,5)6;/h4-10,12-17H,18H2,1-3H3;7-9,11-13H,1-6H3;/q2*-1;/i18D2;3D3,13D;. The van der Waals surface area contributed by atoms with Gasteiger partial charge in [-0.15, -0.1) is 59.2 Å². The second-order valence-corrected chi connectivity index (χ2v) is 21.0. The van der Waals surface area contributed by atoms with Gasteiger partial charge < -0.3 is 9.97 Å². The van der Waals surface area contributed by atoms with Gasteiger partial charge in [-0.05, 0) is 67.6 Å². The SMILES string of the molecule is [2H]C([2H])([2H])c1c[c-]c(-c2cc(C([2H])(C)C)c([Si](C)(C)C)cn2)cc1.[2H]C([2H])(c1ccnc(-c2[c-]ccc3c2sc2cc(-c4ccccc4)ccc23)c1)C(C)(C)C.[Ir]. The Balaban J connectivity index is 0.000000223. The maximum atomic E-state index is 8.67. The predicted molar refractivity (Wildman–Crippen MR) is 220 cm³/mol. The molecule has 0 aliphatic rings. The van der Waals surface area contributed by atoms with E-state index < -0.39 is 32.6 Å². The average Bonchev–Trinajstić information content (AvgIpc) is 3.52. The molecule has 0 amide bonds. The van der Waals surface area contributed by atoms with Crippen molar-refractivity contribution in [2.24, 2.45) is 5.41 Å². The first-order valence-electron chi connectivity index (χ1n) is 20.0. The number of nitrogens with zero attached hydrogens (tertiary/aromatic N) is 2. The van der Waals surface area contributed by atoms with E-state index in [-0.39, 0.29) is 25.7 Å². The summed E-state index contributed by atoms with van der Waals surface area (Å²) in [5.74, 6) is -0.716. The van der Waals surface area contributed by atoms with Crippen molar-refractivity contribution in [3.8, 4) is 33.6 Å². The number of aryl methyl sites for hydroxylation is 1. The van der Waals surface area contributed by atoms with Crippen LogP contribution in [0.5, 0.6) is 0 Å². The Bertz CT molecular complexity index is 2500. The molecule has 0 spiro atoms. The number of rotatable bonds is 6. The fourth-order valence-corrected chi connectivity index (χ4v) is 8.85. The van der Waals surface area contributed by atoms with Crippen molar-refractivity contribution in [1.82, 2.24) is 9.97 Å². The van der Waals surface area contributed by atoms with Crippen LogP contribution in [-0.2, 0) is 26.5 Å². The molecular weight excluding hydrogens is 833 g/mol. The molecule has 1 radical (unpaired) electrons. The van der Waals surface area contributed by atoms with E-state index >= 15 is 0 Å². The zero-order valence-electron chi connectivity index (χ0n) is 36.5. The van der Waals surface area contributed by atoms with Gasteiger partial charge in [0.05, 0.1) is 8.07 Å². The van der Waals surface area contributed by atoms with E-state index in [1.807, 2.05) is 65.1 Å². The van der Waals surface area contributed by atoms with Crippen molar-refractivity contribution >= 4 is 44.8 Å². The molecule has 0 bridgehead atoms. The van der Waals surface area contributed by atoms with Gasteiger partial charge in [0.15, 0.2) is 0 Å². The summed E-state index contributed by atoms with van der Waals surface area (Å²) in [5.41, 5.74) is 6.95. The first kappa shape index (κ1) is 30.9. The van der Waals surface area contributed by atoms with E-state index in [4.69, 9.17) is 8.22 Å². The fraction of sp³-hybridized carbons (Fsp3) is 0.261. The van der Waals surface area contributed by atoms with Gasteiger partial charge in [-0.3, -0.25) is 0 Å². The van der Waals surface area contributed by atoms with Crippen molar-refractivity contribution in [2.45, 2.75) is 73.4 Å². The Hall–Kier alpha value is -3.73. The van der Waals surface area contributed by atoms with Crippen LogP contribution in [0.2, 0.25) is 19.6 Å². The Morgan fingerprint density at radius 3 is 2.31 bits per heavy atom. The first-order valence-corrected chi connectivity index (χ1v) is 21.3. The van der Waals surface area contributed by atoms with Crippen molar-refractivity contribution in [3.63, 3.8) is 0 Å². The summed E-state index contributed by atoms with van der Waals surface area (Å²) in [6.45, 7) is 14.2. The van der Waals surface area contributed by atoms with Crippen LogP contribution < -0.4 is 5.19 Å². The van der Waals surface area contributed by atoms with Crippen molar-refractivity contribution in [2.75, 3.05) is 0 Å². The van der Waals surface area contributed by atoms with Crippen LogP contribution in [-0.4, -0.2) is 18.0 Å². The number of hydrogen-bond acceptors (Lipinski definition) is 3. The van der Waals surface area contributed by atoms with Gasteiger partial charge in [0.2, 0.25) is 0 Å². The monoisotopic (exact) mass is 887 g/mol. The Morgan fingerprint density at radius 2 is 1.65 bits per heavy atom. The second kappa shape index (κ2) is 15.9. The van der Waals surface area contributed by atoms with Crippen molar-refractivity contribution in [3.05, 3.63) is 138 Å². The number of fused-ring (bicyclic) bond motifs is 3. The third kappa shape index (κ3) is 9.20. The summed E-state index contributed by atoms with van der Waals surface area (Å²) < 4.78 is 50.5. The zero-order chi connectivity index (χ0) is 40.8. The first-order chi connectivity index (χ1) is 26.1. The van der Waals surface area contributed by atoms with Crippen LogP contribution in [0.15, 0.2) is 109 Å². The molecule has 0 saturated heterocycles. The number of pyridine rings is 2. The summed E-state index contributed by atoms with van der Waals surface area (Å²) in [4.78, 5) is 9.16. The van der Waals surface area contributed by atoms with Gasteiger partial charge >= 0.3 is 0 Å². The summed E-state index contributed by atoms with van der Waals surface area (Å²) in [6.07, 6.45) is 2.13. The molecule has 4 aromatic carbocycles. The van der Waals surface area contributed by atoms with E-state index in [0.29, 0.717) is 5.56 Å². The molecule has 0 N–H and O–H groups in total. The normalized spacial score (nSPS) is 14.2. The largest absolute Gasteiger partial charge is 0.305 e. The van der Waals surface area contributed by atoms with E-state index in [9.17, 15) is 0 Å². The predicted octanol–water partition coefficient (Wildman–Crippen LogP) is 12.7. The molecule has 0 aliphatic carbocycles. The third-order valence-corrected chi connectivity index (χ3v) is 11.6. The van der Waals surface area contributed by atoms with Crippen LogP contribution in [0.25, 0.3) is 53.8 Å². The summed E-state index contributed by atoms with van der Waals surface area (Å²) in [6, 6.07) is 38.0. The van der Waals surface area contributed by atoms with Crippen molar-refractivity contribution < 1.29 is 28.3 Å². The van der Waals surface area contributed by atoms with E-state index in [1.165, 1.54) is 37.9 Å². The number of hydrogen-bond donors (Lipinski definition) is 0. The number of benzene rings is 4. The molecule has 0 fully saturated rings. The van der Waals surface area contributed by atoms with Crippen LogP contribution in [0.3, 0.4) is 0 Å². The minimum atomic E-state index is -2.13. The van der Waals surface area contributed by atoms with Gasteiger partial charge in [0, 0.05) is 45.4 Å². The Labute approximate surface area is 332 Å². The molecule has 3 aromatic heterocycles.